The van der Waals surface area contributed by atoms with Crippen LogP contribution in [0.15, 0.2) is 6.07 Å². The van der Waals surface area contributed by atoms with Crippen molar-refractivity contribution < 1.29 is 18.3 Å². The van der Waals surface area contributed by atoms with Crippen LogP contribution in [-0.4, -0.2) is 50.1 Å². The minimum atomic E-state index is -3.10. The molecule has 0 aliphatic heterocycles. The van der Waals surface area contributed by atoms with Gasteiger partial charge in [-0.15, -0.1) is 0 Å². The summed E-state index contributed by atoms with van der Waals surface area (Å²) in [5.41, 5.74) is 1.42. The van der Waals surface area contributed by atoms with Crippen LogP contribution in [0.5, 0.6) is 0 Å². The van der Waals surface area contributed by atoms with E-state index in [1.165, 1.54) is 0 Å². The van der Waals surface area contributed by atoms with Gasteiger partial charge in [0.05, 0.1) is 5.75 Å². The maximum atomic E-state index is 11.3. The molecule has 0 aromatic carbocycles. The van der Waals surface area contributed by atoms with Gasteiger partial charge >= 0.3 is 5.97 Å². The zero-order valence-corrected chi connectivity index (χ0v) is 12.3. The minimum Gasteiger partial charge on any atom is -0.478 e. The van der Waals surface area contributed by atoms with E-state index in [9.17, 15) is 18.3 Å². The molecule has 0 bridgehead atoms. The summed E-state index contributed by atoms with van der Waals surface area (Å²) in [6.07, 6.45) is 1.15. The van der Waals surface area contributed by atoms with Crippen molar-refractivity contribution in [3.63, 3.8) is 0 Å². The van der Waals surface area contributed by atoms with Crippen LogP contribution >= 0.6 is 0 Å². The third-order valence-electron chi connectivity index (χ3n) is 2.70. The molecule has 0 atom stereocenters. The van der Waals surface area contributed by atoms with Gasteiger partial charge in [-0.05, 0) is 25.5 Å². The fourth-order valence-corrected chi connectivity index (χ4v) is 2.37. The zero-order chi connectivity index (χ0) is 14.8. The van der Waals surface area contributed by atoms with E-state index < -0.39 is 15.8 Å². The number of aryl methyl sites for hydroxylation is 2. The molecule has 0 saturated carbocycles. The van der Waals surface area contributed by atoms with Crippen LogP contribution in [0.1, 0.15) is 21.6 Å². The number of rotatable bonds is 5. The average Bonchev–Trinajstić information content (AvgIpc) is 2.22. The third kappa shape index (κ3) is 4.20. The number of carbonyl (C=O) groups is 1. The topological polar surface area (TPSA) is 87.6 Å². The molecule has 1 heterocycles. The van der Waals surface area contributed by atoms with Gasteiger partial charge < -0.3 is 10.0 Å². The Kier molecular flexibility index (Phi) is 4.52. The predicted octanol–water partition coefficient (Wildman–Crippen LogP) is 0.877. The second kappa shape index (κ2) is 5.56. The molecular formula is C12H18N2O4S. The summed E-state index contributed by atoms with van der Waals surface area (Å²) in [5.74, 6) is -0.808. The van der Waals surface area contributed by atoms with Gasteiger partial charge in [-0.2, -0.15) is 0 Å². The molecule has 0 aliphatic rings. The molecule has 1 aromatic heterocycles. The van der Waals surface area contributed by atoms with Gasteiger partial charge in [0, 0.05) is 25.5 Å². The molecule has 1 aromatic rings. The molecule has 19 heavy (non-hydrogen) atoms. The number of hydrogen-bond donors (Lipinski definition) is 1. The van der Waals surface area contributed by atoms with Crippen molar-refractivity contribution in [1.29, 1.82) is 0 Å². The molecule has 1 rings (SSSR count). The average molecular weight is 286 g/mol. The van der Waals surface area contributed by atoms with Crippen LogP contribution < -0.4 is 4.90 Å². The highest BCUT2D eigenvalue weighted by Crippen LogP contribution is 2.21. The number of hydrogen-bond acceptors (Lipinski definition) is 5. The van der Waals surface area contributed by atoms with Crippen LogP contribution in [-0.2, 0) is 9.84 Å². The maximum Gasteiger partial charge on any atom is 0.339 e. The number of sulfone groups is 1. The maximum absolute atomic E-state index is 11.3. The monoisotopic (exact) mass is 286 g/mol. The number of carboxylic acids is 1. The lowest BCUT2D eigenvalue weighted by Gasteiger charge is -2.21. The molecule has 0 radical (unpaired) electrons. The number of aromatic carboxylic acids is 1. The Bertz CT molecular complexity index is 596. The minimum absolute atomic E-state index is 0.0444. The Balaban J connectivity index is 3.14. The van der Waals surface area contributed by atoms with E-state index in [1.807, 2.05) is 0 Å². The highest BCUT2D eigenvalue weighted by atomic mass is 32.2. The summed E-state index contributed by atoms with van der Waals surface area (Å²) in [6, 6.07) is 1.69. The van der Waals surface area contributed by atoms with Crippen molar-refractivity contribution >= 4 is 21.6 Å². The molecule has 0 fully saturated rings. The second-order valence-corrected chi connectivity index (χ2v) is 6.90. The van der Waals surface area contributed by atoms with Crippen LogP contribution in [0.2, 0.25) is 0 Å². The lowest BCUT2D eigenvalue weighted by atomic mass is 10.1. The predicted molar refractivity (Wildman–Crippen MR) is 73.7 cm³/mol. The van der Waals surface area contributed by atoms with E-state index in [1.54, 1.807) is 31.9 Å². The Labute approximate surface area is 113 Å². The fourth-order valence-electron chi connectivity index (χ4n) is 1.77. The SMILES string of the molecule is Cc1cc(C)c(C(=O)O)c(N(C)CCS(C)(=O)=O)n1. The van der Waals surface area contributed by atoms with Crippen LogP contribution in [0, 0.1) is 13.8 Å². The van der Waals surface area contributed by atoms with Crippen LogP contribution in [0.3, 0.4) is 0 Å². The summed E-state index contributed by atoms with van der Waals surface area (Å²) >= 11 is 0. The lowest BCUT2D eigenvalue weighted by molar-refractivity contribution is 0.0696. The fraction of sp³-hybridized carbons (Fsp3) is 0.500. The molecule has 106 valence electrons. The molecule has 0 aliphatic carbocycles. The smallest absolute Gasteiger partial charge is 0.339 e. The highest BCUT2D eigenvalue weighted by Gasteiger charge is 2.19. The molecule has 1 N–H and O–H groups in total. The van der Waals surface area contributed by atoms with E-state index >= 15 is 0 Å². The molecule has 0 saturated heterocycles. The highest BCUT2D eigenvalue weighted by molar-refractivity contribution is 7.90. The van der Waals surface area contributed by atoms with Crippen LogP contribution in [0.4, 0.5) is 5.82 Å². The quantitative estimate of drug-likeness (QED) is 0.864. The summed E-state index contributed by atoms with van der Waals surface area (Å²) < 4.78 is 22.3. The molecule has 7 heteroatoms. The summed E-state index contributed by atoms with van der Waals surface area (Å²) in [5, 5.41) is 9.23. The first-order valence-corrected chi connectivity index (χ1v) is 7.78. The largest absolute Gasteiger partial charge is 0.478 e. The van der Waals surface area contributed by atoms with Crippen LogP contribution in [0.25, 0.3) is 0 Å². The summed E-state index contributed by atoms with van der Waals surface area (Å²) in [6.45, 7) is 3.67. The number of aromatic nitrogens is 1. The lowest BCUT2D eigenvalue weighted by Crippen LogP contribution is -2.28. The zero-order valence-electron chi connectivity index (χ0n) is 11.5. The van der Waals surface area contributed by atoms with Crippen molar-refractivity contribution in [3.8, 4) is 0 Å². The van der Waals surface area contributed by atoms with Crippen molar-refractivity contribution in [2.45, 2.75) is 13.8 Å². The number of nitrogens with zero attached hydrogens (tertiary/aromatic N) is 2. The number of carboxylic acid groups (broad SMARTS) is 1. The Hall–Kier alpha value is -1.63. The van der Waals surface area contributed by atoms with Gasteiger partial charge in [-0.1, -0.05) is 0 Å². The van der Waals surface area contributed by atoms with Crippen molar-refractivity contribution in [2.75, 3.05) is 30.5 Å². The second-order valence-electron chi connectivity index (χ2n) is 4.64. The molecular weight excluding hydrogens is 268 g/mol. The molecule has 0 amide bonds. The molecule has 6 nitrogen and oxygen atoms in total. The normalized spacial score (nSPS) is 11.4. The van der Waals surface area contributed by atoms with Gasteiger partial charge in [0.1, 0.15) is 21.2 Å². The van der Waals surface area contributed by atoms with Crippen molar-refractivity contribution in [1.82, 2.24) is 4.98 Å². The summed E-state index contributed by atoms with van der Waals surface area (Å²) in [7, 11) is -1.46. The molecule has 0 spiro atoms. The summed E-state index contributed by atoms with van der Waals surface area (Å²) in [4.78, 5) is 17.0. The van der Waals surface area contributed by atoms with Gasteiger partial charge in [0.15, 0.2) is 0 Å². The molecule has 0 unspecified atom stereocenters. The first-order chi connectivity index (χ1) is 8.61. The van der Waals surface area contributed by atoms with E-state index in [0.29, 0.717) is 17.1 Å². The van der Waals surface area contributed by atoms with E-state index in [0.717, 1.165) is 6.26 Å². The Morgan fingerprint density at radius 3 is 2.47 bits per heavy atom. The Morgan fingerprint density at radius 2 is 2.00 bits per heavy atom. The number of anilines is 1. The first-order valence-electron chi connectivity index (χ1n) is 5.72. The third-order valence-corrected chi connectivity index (χ3v) is 3.62. The van der Waals surface area contributed by atoms with Gasteiger partial charge in [-0.25, -0.2) is 18.2 Å². The van der Waals surface area contributed by atoms with E-state index in [2.05, 4.69) is 4.98 Å². The van der Waals surface area contributed by atoms with Crippen molar-refractivity contribution in [2.24, 2.45) is 0 Å². The van der Waals surface area contributed by atoms with E-state index in [4.69, 9.17) is 0 Å². The van der Waals surface area contributed by atoms with Crippen molar-refractivity contribution in [3.05, 3.63) is 22.9 Å². The standard InChI is InChI=1S/C12H18N2O4S/c1-8-7-9(2)13-11(10(8)12(15)16)14(3)5-6-19(4,17)18/h7H,5-6H2,1-4H3,(H,15,16). The van der Waals surface area contributed by atoms with Gasteiger partial charge in [0.25, 0.3) is 0 Å². The van der Waals surface area contributed by atoms with E-state index in [-0.39, 0.29) is 17.9 Å². The Morgan fingerprint density at radius 1 is 1.42 bits per heavy atom. The number of pyridine rings is 1. The van der Waals surface area contributed by atoms with Gasteiger partial charge in [-0.3, -0.25) is 0 Å². The van der Waals surface area contributed by atoms with Gasteiger partial charge in [0.2, 0.25) is 0 Å². The first kappa shape index (κ1) is 15.4.